The topological polar surface area (TPSA) is 89.9 Å². The summed E-state index contributed by atoms with van der Waals surface area (Å²) in [6.07, 6.45) is 2.68. The van der Waals surface area contributed by atoms with Crippen LogP contribution in [0.5, 0.6) is 5.75 Å². The van der Waals surface area contributed by atoms with Crippen LogP contribution in [0.3, 0.4) is 0 Å². The average molecular weight is 399 g/mol. The van der Waals surface area contributed by atoms with Gasteiger partial charge in [0.1, 0.15) is 27.8 Å². The largest absolute Gasteiger partial charge is 0.433 e. The number of nitrogens with one attached hydrogen (secondary N) is 1. The van der Waals surface area contributed by atoms with Gasteiger partial charge in [0, 0.05) is 6.20 Å². The second-order valence-electron chi connectivity index (χ2n) is 5.46. The molecule has 10 heteroatoms. The summed E-state index contributed by atoms with van der Waals surface area (Å²) < 4.78 is 28.7. The van der Waals surface area contributed by atoms with E-state index >= 15 is 0 Å². The monoisotopic (exact) mass is 399 g/mol. The zero-order chi connectivity index (χ0) is 19.5. The normalized spacial score (nSPS) is 11.0. The Balaban J connectivity index is 1.63. The maximum absolute atomic E-state index is 12.5. The molecule has 0 fully saturated rings. The van der Waals surface area contributed by atoms with Crippen molar-refractivity contribution in [2.24, 2.45) is 0 Å². The molecule has 0 aliphatic rings. The van der Waals surface area contributed by atoms with E-state index in [9.17, 15) is 13.6 Å². The maximum atomic E-state index is 12.5. The van der Waals surface area contributed by atoms with Crippen LogP contribution in [-0.2, 0) is 0 Å². The van der Waals surface area contributed by atoms with Crippen LogP contribution in [0.1, 0.15) is 10.5 Å². The fraction of sp³-hybridized carbons (Fsp3) is 0.0556. The van der Waals surface area contributed by atoms with Gasteiger partial charge in [-0.25, -0.2) is 15.0 Å². The molecule has 0 atom stereocenters. The van der Waals surface area contributed by atoms with E-state index in [2.05, 4.69) is 30.0 Å². The van der Waals surface area contributed by atoms with Crippen LogP contribution < -0.4 is 10.1 Å². The van der Waals surface area contributed by atoms with Crippen LogP contribution in [0.15, 0.2) is 54.2 Å². The lowest BCUT2D eigenvalue weighted by molar-refractivity contribution is -0.0500. The fourth-order valence-corrected chi connectivity index (χ4v) is 3.18. The molecule has 4 aromatic rings. The Morgan fingerprint density at radius 1 is 1.11 bits per heavy atom. The van der Waals surface area contributed by atoms with E-state index in [-0.39, 0.29) is 11.4 Å². The molecular formula is C18H11F2N5O2S. The summed E-state index contributed by atoms with van der Waals surface area (Å²) in [6, 6.07) is 9.69. The van der Waals surface area contributed by atoms with Gasteiger partial charge in [-0.3, -0.25) is 9.78 Å². The number of fused-ring (bicyclic) bond motifs is 1. The number of ether oxygens (including phenoxy) is 1. The van der Waals surface area contributed by atoms with E-state index in [1.807, 2.05) is 11.4 Å². The summed E-state index contributed by atoms with van der Waals surface area (Å²) in [6.45, 7) is -2.96. The third kappa shape index (κ3) is 3.76. The molecule has 0 aliphatic carbocycles. The molecule has 7 nitrogen and oxygen atoms in total. The van der Waals surface area contributed by atoms with Gasteiger partial charge in [-0.05, 0) is 35.7 Å². The van der Waals surface area contributed by atoms with E-state index in [1.54, 1.807) is 24.4 Å². The van der Waals surface area contributed by atoms with Crippen LogP contribution in [0.25, 0.3) is 21.7 Å². The Hall–Kier alpha value is -3.53. The van der Waals surface area contributed by atoms with Crippen molar-refractivity contribution in [3.8, 4) is 17.3 Å². The Morgan fingerprint density at radius 3 is 2.71 bits per heavy atom. The first-order chi connectivity index (χ1) is 13.6. The summed E-state index contributed by atoms with van der Waals surface area (Å²) in [5, 5.41) is 5.21. The zero-order valence-corrected chi connectivity index (χ0v) is 14.9. The Labute approximate surface area is 161 Å². The van der Waals surface area contributed by atoms with Crippen LogP contribution >= 0.6 is 11.3 Å². The molecule has 0 aliphatic heterocycles. The number of amides is 1. The molecule has 0 spiro atoms. The smallest absolute Gasteiger partial charge is 0.387 e. The van der Waals surface area contributed by atoms with Gasteiger partial charge in [0.25, 0.3) is 5.91 Å². The summed E-state index contributed by atoms with van der Waals surface area (Å²) in [5.74, 6) is 0.0131. The molecule has 0 unspecified atom stereocenters. The first-order valence-electron chi connectivity index (χ1n) is 7.99. The number of nitrogens with zero attached hydrogens (tertiary/aromatic N) is 4. The van der Waals surface area contributed by atoms with Gasteiger partial charge in [-0.2, -0.15) is 8.78 Å². The third-order valence-corrected chi connectivity index (χ3v) is 4.45. The first kappa shape index (κ1) is 17.9. The molecule has 4 aromatic heterocycles. The molecule has 0 radical (unpaired) electrons. The summed E-state index contributed by atoms with van der Waals surface area (Å²) >= 11 is 1.41. The van der Waals surface area contributed by atoms with Crippen LogP contribution in [-0.4, -0.2) is 32.5 Å². The zero-order valence-electron chi connectivity index (χ0n) is 14.0. The number of rotatable bonds is 5. The molecule has 140 valence electrons. The van der Waals surface area contributed by atoms with Crippen molar-refractivity contribution in [2.75, 3.05) is 5.32 Å². The van der Waals surface area contributed by atoms with Crippen molar-refractivity contribution in [2.45, 2.75) is 6.61 Å². The van der Waals surface area contributed by atoms with Crippen LogP contribution in [0.2, 0.25) is 0 Å². The second-order valence-corrected chi connectivity index (χ2v) is 6.36. The molecule has 1 amide bonds. The van der Waals surface area contributed by atoms with Crippen molar-refractivity contribution < 1.29 is 18.3 Å². The Morgan fingerprint density at radius 2 is 2.00 bits per heavy atom. The van der Waals surface area contributed by atoms with E-state index in [0.717, 1.165) is 6.20 Å². The van der Waals surface area contributed by atoms with Crippen molar-refractivity contribution >= 4 is 33.3 Å². The van der Waals surface area contributed by atoms with Crippen molar-refractivity contribution in [3.63, 3.8) is 0 Å². The number of thiophene rings is 1. The molecule has 0 bridgehead atoms. The Bertz CT molecular complexity index is 1120. The van der Waals surface area contributed by atoms with Gasteiger partial charge in [-0.15, -0.1) is 11.3 Å². The Kier molecular flexibility index (Phi) is 4.85. The number of hydrogen-bond donors (Lipinski definition) is 1. The van der Waals surface area contributed by atoms with Gasteiger partial charge in [-0.1, -0.05) is 6.07 Å². The van der Waals surface area contributed by atoms with Crippen molar-refractivity contribution in [3.05, 3.63) is 59.9 Å². The third-order valence-electron chi connectivity index (χ3n) is 3.65. The van der Waals surface area contributed by atoms with Crippen LogP contribution in [0, 0.1) is 0 Å². The molecule has 0 saturated heterocycles. The second kappa shape index (κ2) is 7.61. The van der Waals surface area contributed by atoms with E-state index < -0.39 is 12.5 Å². The SMILES string of the molecule is O=C(Nc1nc(-c2ccccn2)nc2sccc12)c1ccc(OC(F)F)cn1. The average Bonchev–Trinajstić information content (AvgIpc) is 3.18. The number of carbonyl (C=O) groups excluding carboxylic acids is 1. The summed E-state index contributed by atoms with van der Waals surface area (Å²) in [7, 11) is 0. The minimum atomic E-state index is -2.96. The number of pyridine rings is 2. The number of carbonyl (C=O) groups is 1. The van der Waals surface area contributed by atoms with Crippen molar-refractivity contribution in [1.29, 1.82) is 0 Å². The highest BCUT2D eigenvalue weighted by molar-refractivity contribution is 7.16. The molecule has 1 N–H and O–H groups in total. The molecule has 28 heavy (non-hydrogen) atoms. The molecule has 0 saturated carbocycles. The maximum Gasteiger partial charge on any atom is 0.387 e. The number of alkyl halides is 2. The predicted octanol–water partition coefficient (Wildman–Crippen LogP) is 4.00. The lowest BCUT2D eigenvalue weighted by Gasteiger charge is -2.08. The standard InChI is InChI=1S/C18H11F2N5O2S/c19-18(20)27-10-4-5-13(22-9-10)16(26)24-14-11-6-8-28-17(11)25-15(23-14)12-3-1-2-7-21-12/h1-9,18H,(H,23,24,25,26). The number of hydrogen-bond acceptors (Lipinski definition) is 7. The summed E-state index contributed by atoms with van der Waals surface area (Å²) in [4.78, 5) is 30.2. The van der Waals surface area contributed by atoms with E-state index in [4.69, 9.17) is 0 Å². The van der Waals surface area contributed by atoms with Crippen LogP contribution in [0.4, 0.5) is 14.6 Å². The van der Waals surface area contributed by atoms with Crippen molar-refractivity contribution in [1.82, 2.24) is 19.9 Å². The van der Waals surface area contributed by atoms with Gasteiger partial charge in [0.2, 0.25) is 0 Å². The minimum Gasteiger partial charge on any atom is -0.433 e. The van der Waals surface area contributed by atoms with Gasteiger partial charge in [0.05, 0.1) is 11.6 Å². The first-order valence-corrected chi connectivity index (χ1v) is 8.87. The van der Waals surface area contributed by atoms with Gasteiger partial charge < -0.3 is 10.1 Å². The molecule has 4 rings (SSSR count). The molecule has 4 heterocycles. The lowest BCUT2D eigenvalue weighted by atomic mass is 10.3. The quantitative estimate of drug-likeness (QED) is 0.546. The molecular weight excluding hydrogens is 388 g/mol. The lowest BCUT2D eigenvalue weighted by Crippen LogP contribution is -2.15. The van der Waals surface area contributed by atoms with E-state index in [0.29, 0.717) is 27.6 Å². The minimum absolute atomic E-state index is 0.0306. The van der Waals surface area contributed by atoms with Gasteiger partial charge >= 0.3 is 6.61 Å². The summed E-state index contributed by atoms with van der Waals surface area (Å²) in [5.41, 5.74) is 0.600. The highest BCUT2D eigenvalue weighted by Crippen LogP contribution is 2.28. The number of aromatic nitrogens is 4. The fourth-order valence-electron chi connectivity index (χ4n) is 2.42. The number of anilines is 1. The number of halogens is 2. The van der Waals surface area contributed by atoms with E-state index in [1.165, 1.54) is 23.5 Å². The van der Waals surface area contributed by atoms with Gasteiger partial charge in [0.15, 0.2) is 5.82 Å². The highest BCUT2D eigenvalue weighted by Gasteiger charge is 2.15. The molecule has 0 aromatic carbocycles. The predicted molar refractivity (Wildman–Crippen MR) is 99.5 cm³/mol. The highest BCUT2D eigenvalue weighted by atomic mass is 32.1.